The summed E-state index contributed by atoms with van der Waals surface area (Å²) in [6.45, 7) is 4.01. The third-order valence-electron chi connectivity index (χ3n) is 5.23. The van der Waals surface area contributed by atoms with Crippen molar-refractivity contribution in [3.63, 3.8) is 0 Å². The molecule has 2 heterocycles. The van der Waals surface area contributed by atoms with Crippen molar-refractivity contribution in [1.29, 1.82) is 0 Å². The first-order valence-corrected chi connectivity index (χ1v) is 12.1. The van der Waals surface area contributed by atoms with Crippen molar-refractivity contribution in [2.45, 2.75) is 32.2 Å². The predicted octanol–water partition coefficient (Wildman–Crippen LogP) is 4.41. The molecule has 1 saturated heterocycles. The first-order valence-electron chi connectivity index (χ1n) is 10.2. The third kappa shape index (κ3) is 4.96. The Labute approximate surface area is 182 Å². The van der Waals surface area contributed by atoms with Gasteiger partial charge in [0.15, 0.2) is 15.5 Å². The van der Waals surface area contributed by atoms with Gasteiger partial charge in [0.25, 0.3) is 5.91 Å². The molecule has 162 valence electrons. The maximum absolute atomic E-state index is 12.8. The number of anilines is 1. The van der Waals surface area contributed by atoms with Gasteiger partial charge in [-0.2, -0.15) is 5.10 Å². The number of amides is 1. The minimum absolute atomic E-state index is 0.0678. The Morgan fingerprint density at radius 3 is 2.39 bits per heavy atom. The summed E-state index contributed by atoms with van der Waals surface area (Å²) < 4.78 is 31.3. The standard InChI is InChI=1S/C23H25N3O4S/c1-16(2)22-14-21(25-26(22)18-12-13-31(28,29)15-18)23(27)24-17-8-10-20(11-9-17)30-19-6-4-3-5-7-19/h3-11,14,16,18H,12-13,15H2,1-2H3,(H,24,27)/t18-/m0/s1. The Balaban J connectivity index is 1.48. The lowest BCUT2D eigenvalue weighted by atomic mass is 10.1. The lowest BCUT2D eigenvalue weighted by Crippen LogP contribution is -2.17. The smallest absolute Gasteiger partial charge is 0.276 e. The predicted molar refractivity (Wildman–Crippen MR) is 120 cm³/mol. The SMILES string of the molecule is CC(C)c1cc(C(=O)Nc2ccc(Oc3ccccc3)cc2)nn1[C@H]1CCS(=O)(=O)C1. The topological polar surface area (TPSA) is 90.3 Å². The Hall–Kier alpha value is -3.13. The molecule has 1 atom stereocenters. The van der Waals surface area contributed by atoms with E-state index in [0.29, 0.717) is 17.9 Å². The quantitative estimate of drug-likeness (QED) is 0.614. The maximum atomic E-state index is 12.8. The summed E-state index contributed by atoms with van der Waals surface area (Å²) in [7, 11) is -3.05. The molecule has 31 heavy (non-hydrogen) atoms. The van der Waals surface area contributed by atoms with Crippen LogP contribution in [0.5, 0.6) is 11.5 Å². The highest BCUT2D eigenvalue weighted by molar-refractivity contribution is 7.91. The zero-order valence-corrected chi connectivity index (χ0v) is 18.3. The van der Waals surface area contributed by atoms with Crippen LogP contribution in [-0.2, 0) is 9.84 Å². The van der Waals surface area contributed by atoms with Crippen LogP contribution in [0.25, 0.3) is 0 Å². The second kappa shape index (κ2) is 8.55. The maximum Gasteiger partial charge on any atom is 0.276 e. The molecule has 0 spiro atoms. The van der Waals surface area contributed by atoms with Gasteiger partial charge in [0, 0.05) is 11.4 Å². The lowest BCUT2D eigenvalue weighted by Gasteiger charge is -2.15. The van der Waals surface area contributed by atoms with Gasteiger partial charge in [0.2, 0.25) is 0 Å². The fourth-order valence-electron chi connectivity index (χ4n) is 3.64. The third-order valence-corrected chi connectivity index (χ3v) is 6.98. The van der Waals surface area contributed by atoms with Gasteiger partial charge in [0.05, 0.1) is 17.5 Å². The molecule has 3 aromatic rings. The number of rotatable bonds is 6. The molecule has 0 saturated carbocycles. The van der Waals surface area contributed by atoms with Crippen LogP contribution in [0.2, 0.25) is 0 Å². The summed E-state index contributed by atoms with van der Waals surface area (Å²) in [6.07, 6.45) is 0.521. The molecule has 1 fully saturated rings. The number of aromatic nitrogens is 2. The zero-order valence-electron chi connectivity index (χ0n) is 17.5. The van der Waals surface area contributed by atoms with Crippen molar-refractivity contribution in [3.8, 4) is 11.5 Å². The van der Waals surface area contributed by atoms with Crippen LogP contribution >= 0.6 is 0 Å². The summed E-state index contributed by atoms with van der Waals surface area (Å²) in [5.74, 6) is 1.41. The average molecular weight is 440 g/mol. The molecule has 1 N–H and O–H groups in total. The van der Waals surface area contributed by atoms with Crippen LogP contribution < -0.4 is 10.1 Å². The normalized spacial score (nSPS) is 17.6. The van der Waals surface area contributed by atoms with E-state index in [0.717, 1.165) is 11.4 Å². The molecule has 4 rings (SSSR count). The number of hydrogen-bond donors (Lipinski definition) is 1. The molecule has 1 amide bonds. The van der Waals surface area contributed by atoms with E-state index in [9.17, 15) is 13.2 Å². The largest absolute Gasteiger partial charge is 0.457 e. The molecular weight excluding hydrogens is 414 g/mol. The van der Waals surface area contributed by atoms with Crippen LogP contribution in [0.15, 0.2) is 60.7 Å². The van der Waals surface area contributed by atoms with Crippen LogP contribution in [-0.4, -0.2) is 35.6 Å². The number of nitrogens with one attached hydrogen (secondary N) is 1. The fraction of sp³-hybridized carbons (Fsp3) is 0.304. The van der Waals surface area contributed by atoms with Crippen molar-refractivity contribution >= 4 is 21.4 Å². The Kier molecular flexibility index (Phi) is 5.82. The molecule has 0 bridgehead atoms. The number of carbonyl (C=O) groups excluding carboxylic acids is 1. The van der Waals surface area contributed by atoms with Gasteiger partial charge >= 0.3 is 0 Å². The number of carbonyl (C=O) groups is 1. The summed E-state index contributed by atoms with van der Waals surface area (Å²) in [5, 5.41) is 7.31. The van der Waals surface area contributed by atoms with Crippen LogP contribution in [0.3, 0.4) is 0 Å². The first-order chi connectivity index (χ1) is 14.8. The summed E-state index contributed by atoms with van der Waals surface area (Å²) >= 11 is 0. The Morgan fingerprint density at radius 1 is 1.10 bits per heavy atom. The van der Waals surface area contributed by atoms with Crippen molar-refractivity contribution in [2.75, 3.05) is 16.8 Å². The van der Waals surface area contributed by atoms with E-state index in [1.807, 2.05) is 44.2 Å². The molecule has 2 aromatic carbocycles. The van der Waals surface area contributed by atoms with E-state index >= 15 is 0 Å². The average Bonchev–Trinajstić information content (AvgIpc) is 3.34. The van der Waals surface area contributed by atoms with Gasteiger partial charge in [-0.05, 0) is 54.8 Å². The highest BCUT2D eigenvalue weighted by Crippen LogP contribution is 2.28. The van der Waals surface area contributed by atoms with Crippen molar-refractivity contribution in [3.05, 3.63) is 72.1 Å². The number of para-hydroxylation sites is 1. The number of nitrogens with zero attached hydrogens (tertiary/aromatic N) is 2. The molecular formula is C23H25N3O4S. The molecule has 0 aliphatic carbocycles. The molecule has 0 unspecified atom stereocenters. The van der Waals surface area contributed by atoms with Crippen molar-refractivity contribution < 1.29 is 17.9 Å². The zero-order chi connectivity index (χ0) is 22.0. The highest BCUT2D eigenvalue weighted by Gasteiger charge is 2.32. The second-order valence-corrected chi connectivity index (χ2v) is 10.2. The molecule has 1 aromatic heterocycles. The second-order valence-electron chi connectivity index (χ2n) is 8.00. The van der Waals surface area contributed by atoms with Gasteiger partial charge in [-0.15, -0.1) is 0 Å². The Bertz CT molecular complexity index is 1170. The monoisotopic (exact) mass is 439 g/mol. The van der Waals surface area contributed by atoms with E-state index in [4.69, 9.17) is 4.74 Å². The molecule has 1 aliphatic heterocycles. The van der Waals surface area contributed by atoms with Gasteiger partial charge in [-0.1, -0.05) is 32.0 Å². The molecule has 1 aliphatic rings. The minimum Gasteiger partial charge on any atom is -0.457 e. The molecule has 0 radical (unpaired) electrons. The van der Waals surface area contributed by atoms with Crippen LogP contribution in [0, 0.1) is 0 Å². The number of benzene rings is 2. The molecule has 7 nitrogen and oxygen atoms in total. The Morgan fingerprint density at radius 2 is 1.77 bits per heavy atom. The van der Waals surface area contributed by atoms with Crippen LogP contribution in [0.1, 0.15) is 48.4 Å². The first kappa shape index (κ1) is 21.1. The van der Waals surface area contributed by atoms with Gasteiger partial charge in [-0.25, -0.2) is 8.42 Å². The molecule has 8 heteroatoms. The summed E-state index contributed by atoms with van der Waals surface area (Å²) in [5.41, 5.74) is 1.76. The van der Waals surface area contributed by atoms with Gasteiger partial charge < -0.3 is 10.1 Å². The number of hydrogen-bond acceptors (Lipinski definition) is 5. The van der Waals surface area contributed by atoms with Crippen molar-refractivity contribution in [1.82, 2.24) is 9.78 Å². The minimum atomic E-state index is -3.05. The highest BCUT2D eigenvalue weighted by atomic mass is 32.2. The van der Waals surface area contributed by atoms with E-state index < -0.39 is 9.84 Å². The van der Waals surface area contributed by atoms with Gasteiger partial charge in [0.1, 0.15) is 11.5 Å². The summed E-state index contributed by atoms with van der Waals surface area (Å²) in [4.78, 5) is 12.8. The van der Waals surface area contributed by atoms with Crippen LogP contribution in [0.4, 0.5) is 5.69 Å². The number of ether oxygens (including phenoxy) is 1. The van der Waals surface area contributed by atoms with Crippen molar-refractivity contribution in [2.24, 2.45) is 0 Å². The van der Waals surface area contributed by atoms with E-state index in [-0.39, 0.29) is 35.1 Å². The van der Waals surface area contributed by atoms with E-state index in [1.165, 1.54) is 0 Å². The number of sulfone groups is 1. The van der Waals surface area contributed by atoms with E-state index in [1.54, 1.807) is 35.0 Å². The lowest BCUT2D eigenvalue weighted by molar-refractivity contribution is 0.102. The van der Waals surface area contributed by atoms with E-state index in [2.05, 4.69) is 10.4 Å². The summed E-state index contributed by atoms with van der Waals surface area (Å²) in [6, 6.07) is 18.1. The fourth-order valence-corrected chi connectivity index (χ4v) is 5.33. The van der Waals surface area contributed by atoms with Gasteiger partial charge in [-0.3, -0.25) is 9.48 Å².